The second-order valence-corrected chi connectivity index (χ2v) is 39.0. The molecule has 506 valence electrons. The minimum atomic E-state index is -2.30. The van der Waals surface area contributed by atoms with E-state index in [-0.39, 0.29) is 23.6 Å². The normalized spacial score (nSPS) is 16.0. The molecule has 0 N–H and O–H groups in total. The second kappa shape index (κ2) is 34.3. The van der Waals surface area contributed by atoms with Gasteiger partial charge in [0, 0.05) is 56.6 Å². The third-order valence-electron chi connectivity index (χ3n) is 21.4. The van der Waals surface area contributed by atoms with Crippen LogP contribution >= 0.6 is 68.0 Å². The van der Waals surface area contributed by atoms with Crippen LogP contribution in [0.4, 0.5) is 0 Å². The number of nitrogens with zero attached hydrogens (tertiary/aromatic N) is 2. The molecule has 2 atom stereocenters. The molecule has 0 radical (unpaired) electrons. The van der Waals surface area contributed by atoms with Gasteiger partial charge in [-0.1, -0.05) is 235 Å². The number of unbranched alkanes of at least 4 members (excludes halogenated alkanes) is 22. The Labute approximate surface area is 585 Å². The number of aryl methyl sites for hydroxylation is 4. The Morgan fingerprint density at radius 1 is 0.366 bits per heavy atom. The van der Waals surface area contributed by atoms with E-state index in [1.54, 1.807) is 42.8 Å². The number of carbonyl (C=O) groups excluding carboxylic acids is 4. The van der Waals surface area contributed by atoms with Crippen molar-refractivity contribution >= 4 is 130 Å². The lowest BCUT2D eigenvalue weighted by atomic mass is 9.94. The summed E-state index contributed by atoms with van der Waals surface area (Å²) >= 11 is 11.0. The zero-order chi connectivity index (χ0) is 65.8. The average molecular weight is 1390 g/mol. The highest BCUT2D eigenvalue weighted by atomic mass is 32.1. The van der Waals surface area contributed by atoms with E-state index in [0.717, 1.165) is 93.5 Å². The molecule has 2 unspecified atom stereocenters. The number of amides is 4. The number of thiophene rings is 6. The van der Waals surface area contributed by atoms with Gasteiger partial charge in [-0.15, -0.1) is 68.0 Å². The van der Waals surface area contributed by atoms with E-state index in [1.807, 2.05) is 52.3 Å². The predicted molar refractivity (Wildman–Crippen MR) is 413 cm³/mol. The van der Waals surface area contributed by atoms with E-state index in [9.17, 15) is 9.59 Å². The summed E-state index contributed by atoms with van der Waals surface area (Å²) in [5.74, 6) is 0.936. The molecule has 1 aromatic carbocycles. The van der Waals surface area contributed by atoms with Gasteiger partial charge in [0.05, 0.1) is 36.9 Å². The van der Waals surface area contributed by atoms with Crippen molar-refractivity contribution in [2.24, 2.45) is 11.8 Å². The Hall–Kier alpha value is -3.56. The summed E-state index contributed by atoms with van der Waals surface area (Å²) in [4.78, 5) is 74.9. The maximum Gasteiger partial charge on any atom is 0.263 e. The summed E-state index contributed by atoms with van der Waals surface area (Å²) in [6.45, 7) is 24.0. The molecule has 4 amide bonds. The molecule has 3 aliphatic rings. The highest BCUT2D eigenvalue weighted by Crippen LogP contribution is 2.56. The minimum absolute atomic E-state index is 0.0929. The number of hydrogen-bond acceptors (Lipinski definition) is 10. The smallest absolute Gasteiger partial charge is 0.263 e. The lowest BCUT2D eigenvalue weighted by Crippen LogP contribution is -2.56. The summed E-state index contributed by atoms with van der Waals surface area (Å²) in [6, 6.07) is 12.7. The molecule has 3 aliphatic heterocycles. The Bertz CT molecular complexity index is 3590. The van der Waals surface area contributed by atoms with Gasteiger partial charge in [-0.3, -0.25) is 29.0 Å². The summed E-state index contributed by atoms with van der Waals surface area (Å²) in [5.41, 5.74) is 5.30. The van der Waals surface area contributed by atoms with E-state index in [2.05, 4.69) is 86.6 Å². The maximum absolute atomic E-state index is 15.6. The van der Waals surface area contributed by atoms with E-state index in [0.29, 0.717) is 47.2 Å². The van der Waals surface area contributed by atoms with Gasteiger partial charge < -0.3 is 0 Å². The number of rotatable bonds is 43. The van der Waals surface area contributed by atoms with E-state index < -0.39 is 8.07 Å². The van der Waals surface area contributed by atoms with Crippen LogP contribution in [0.25, 0.3) is 59.2 Å². The van der Waals surface area contributed by atoms with Crippen molar-refractivity contribution in [3.8, 4) is 39.0 Å². The molecule has 0 fully saturated rings. The second-order valence-electron chi connectivity index (χ2n) is 28.3. The first-order valence-electron chi connectivity index (χ1n) is 37.6. The van der Waals surface area contributed by atoms with Crippen molar-refractivity contribution in [3.05, 3.63) is 67.4 Å². The molecule has 0 saturated carbocycles. The van der Waals surface area contributed by atoms with Gasteiger partial charge in [0.15, 0.2) is 0 Å². The molecule has 0 aliphatic carbocycles. The van der Waals surface area contributed by atoms with Crippen molar-refractivity contribution in [3.63, 3.8) is 0 Å². The molecule has 13 heteroatoms. The highest BCUT2D eigenvalue weighted by Gasteiger charge is 2.51. The van der Waals surface area contributed by atoms with Gasteiger partial charge in [0.1, 0.15) is 8.07 Å². The molecular formula is C80H112N2O4S6Si. The SMILES string of the molecule is CCCCCCCCc1c2cc(-c3sc(-c4cc5c(s4)-c4sc(C)cc4[Si]5(CC(CC)CCCC)CC(CC)CCCC)c4c3C(=O)N(CCCCCCCC)C4=O)sc2c(CCCCCCCC)c2cc(-c3sc(C)c4c3C(=O)N(CCCCCCCC)C4=O)sc12. The third-order valence-corrected chi connectivity index (χ3v) is 34.7. The van der Waals surface area contributed by atoms with Crippen molar-refractivity contribution in [1.29, 1.82) is 0 Å². The number of fused-ring (bicyclic) bond motifs is 7. The fourth-order valence-electron chi connectivity index (χ4n) is 16.0. The highest BCUT2D eigenvalue weighted by molar-refractivity contribution is 7.33. The first kappa shape index (κ1) is 72.2. The van der Waals surface area contributed by atoms with E-state index in [4.69, 9.17) is 0 Å². The summed E-state index contributed by atoms with van der Waals surface area (Å²) in [6.07, 6.45) is 39.5. The number of hydrogen-bond donors (Lipinski definition) is 0. The standard InChI is InChI=1S/C80H112N2O4S6Si/c1-11-19-25-29-33-37-43-57-59-48-61(72-67-66(54(10)88-72)77(83)81(78(67)84)45-39-35-31-27-21-13-3)89-70(59)58(44-38-34-30-26-20-12-2)60-49-62(90-71(57)60)73-68-69(80(86)82(79(68)85)46-40-36-32-28-22-14-4)74(92-73)63-50-65-76(91-63)75-64(47-53(9)87-75)93(65,51-55(17-7)41-23-15-5)52-56(18-8)42-24-16-6/h47-50,55-56H,11-46,51-52H2,1-10H3. The van der Waals surface area contributed by atoms with Crippen LogP contribution in [0.15, 0.2) is 24.3 Å². The maximum atomic E-state index is 15.6. The molecule has 0 bridgehead atoms. The molecule has 0 saturated heterocycles. The van der Waals surface area contributed by atoms with Crippen LogP contribution in [0.1, 0.15) is 323 Å². The first-order chi connectivity index (χ1) is 45.3. The molecule has 6 nitrogen and oxygen atoms in total. The van der Waals surface area contributed by atoms with Crippen LogP contribution in [0.2, 0.25) is 12.1 Å². The molecule has 9 heterocycles. The quantitative estimate of drug-likeness (QED) is 0.0217. The van der Waals surface area contributed by atoms with Gasteiger partial charge in [-0.25, -0.2) is 0 Å². The van der Waals surface area contributed by atoms with Gasteiger partial charge in [-0.2, -0.15) is 0 Å². The Morgan fingerprint density at radius 2 is 0.731 bits per heavy atom. The minimum Gasteiger partial charge on any atom is -0.274 e. The lowest BCUT2D eigenvalue weighted by Gasteiger charge is -2.35. The topological polar surface area (TPSA) is 74.8 Å². The summed E-state index contributed by atoms with van der Waals surface area (Å²) < 4.78 is 2.63. The van der Waals surface area contributed by atoms with E-state index in [1.165, 1.54) is 217 Å². The molecule has 7 aromatic rings. The summed E-state index contributed by atoms with van der Waals surface area (Å²) in [7, 11) is -2.30. The largest absolute Gasteiger partial charge is 0.274 e. The first-order valence-corrected chi connectivity index (χ1v) is 44.9. The average Bonchev–Trinajstić information content (AvgIpc) is 1.55. The van der Waals surface area contributed by atoms with Crippen LogP contribution in [0, 0.1) is 25.7 Å². The third kappa shape index (κ3) is 15.5. The zero-order valence-electron chi connectivity index (χ0n) is 58.8. The van der Waals surface area contributed by atoms with Gasteiger partial charge >= 0.3 is 0 Å². The molecule has 93 heavy (non-hydrogen) atoms. The zero-order valence-corrected chi connectivity index (χ0v) is 64.7. The monoisotopic (exact) mass is 1380 g/mol. The molecule has 10 rings (SSSR count). The predicted octanol–water partition coefficient (Wildman–Crippen LogP) is 25.7. The van der Waals surface area contributed by atoms with Gasteiger partial charge in [0.2, 0.25) is 0 Å². The fourth-order valence-corrected chi connectivity index (χ4v) is 31.6. The van der Waals surface area contributed by atoms with Crippen LogP contribution in [0.3, 0.4) is 0 Å². The molecule has 0 spiro atoms. The van der Waals surface area contributed by atoms with Gasteiger partial charge in [0.25, 0.3) is 23.6 Å². The van der Waals surface area contributed by atoms with Crippen LogP contribution in [0.5, 0.6) is 0 Å². The van der Waals surface area contributed by atoms with E-state index >= 15 is 9.59 Å². The van der Waals surface area contributed by atoms with Crippen LogP contribution < -0.4 is 10.4 Å². The van der Waals surface area contributed by atoms with Crippen molar-refractivity contribution < 1.29 is 19.2 Å². The van der Waals surface area contributed by atoms with Crippen molar-refractivity contribution in [2.45, 2.75) is 300 Å². The fraction of sp³-hybridized carbons (Fsp3) is 0.625. The van der Waals surface area contributed by atoms with Crippen molar-refractivity contribution in [2.75, 3.05) is 13.1 Å². The Morgan fingerprint density at radius 3 is 1.17 bits per heavy atom. The Kier molecular flexibility index (Phi) is 26.6. The van der Waals surface area contributed by atoms with Crippen LogP contribution in [-0.2, 0) is 12.8 Å². The van der Waals surface area contributed by atoms with Crippen molar-refractivity contribution in [1.82, 2.24) is 9.80 Å². The number of benzene rings is 1. The number of carbonyl (C=O) groups is 4. The number of imide groups is 2. The lowest BCUT2D eigenvalue weighted by molar-refractivity contribution is 0.0636. The molecular weight excluding hydrogens is 1270 g/mol. The Balaban J connectivity index is 1.13. The summed E-state index contributed by atoms with van der Waals surface area (Å²) in [5, 5.41) is 5.92. The molecule has 6 aromatic heterocycles. The van der Waals surface area contributed by atoms with Gasteiger partial charge in [-0.05, 0) is 133 Å². The van der Waals surface area contributed by atoms with Crippen LogP contribution in [-0.4, -0.2) is 54.6 Å².